The molecule has 4 N–H and O–H groups in total. The first-order valence-corrected chi connectivity index (χ1v) is 6.97. The third-order valence-electron chi connectivity index (χ3n) is 3.39. The number of rotatable bonds is 6. The van der Waals surface area contributed by atoms with Crippen LogP contribution < -0.4 is 26.0 Å². The van der Waals surface area contributed by atoms with Crippen molar-refractivity contribution in [3.05, 3.63) is 23.8 Å². The van der Waals surface area contributed by atoms with Gasteiger partial charge in [-0.1, -0.05) is 0 Å². The van der Waals surface area contributed by atoms with Gasteiger partial charge < -0.3 is 21.1 Å². The minimum absolute atomic E-state index is 0.147. The predicted molar refractivity (Wildman–Crippen MR) is 80.1 cm³/mol. The number of ether oxygens (including phenoxy) is 1. The van der Waals surface area contributed by atoms with Crippen molar-refractivity contribution in [1.29, 1.82) is 0 Å². The van der Waals surface area contributed by atoms with E-state index in [0.717, 1.165) is 0 Å². The molecule has 0 aromatic heterocycles. The molecular weight excluding hydrogens is 310 g/mol. The molecule has 9 heteroatoms. The van der Waals surface area contributed by atoms with Gasteiger partial charge in [-0.3, -0.25) is 9.69 Å². The highest BCUT2D eigenvalue weighted by Crippen LogP contribution is 2.30. The van der Waals surface area contributed by atoms with Crippen molar-refractivity contribution in [3.8, 4) is 5.75 Å². The Morgan fingerprint density at radius 1 is 1.52 bits per heavy atom. The zero-order valence-electron chi connectivity index (χ0n) is 12.6. The number of nitrogens with zero attached hydrogens (tertiary/aromatic N) is 1. The summed E-state index contributed by atoms with van der Waals surface area (Å²) in [6.07, 6.45) is 0. The molecule has 1 aliphatic rings. The zero-order valence-corrected chi connectivity index (χ0v) is 12.6. The molecule has 1 heterocycles. The highest BCUT2D eigenvalue weighted by atomic mass is 19.3. The van der Waals surface area contributed by atoms with E-state index in [-0.39, 0.29) is 11.6 Å². The molecule has 0 radical (unpaired) electrons. The molecule has 1 aliphatic heterocycles. The minimum Gasteiger partial charge on any atom is -0.495 e. The van der Waals surface area contributed by atoms with Gasteiger partial charge in [-0.15, -0.1) is 0 Å². The van der Waals surface area contributed by atoms with Crippen LogP contribution in [0.25, 0.3) is 0 Å². The molecule has 0 saturated carbocycles. The SMILES string of the molecule is COc1ccc(C(=O)NCC(F)(F)CN)cc1N1CCNC1=O. The van der Waals surface area contributed by atoms with Crippen LogP contribution in [-0.4, -0.2) is 51.1 Å². The highest BCUT2D eigenvalue weighted by Gasteiger charge is 2.28. The fraction of sp³-hybridized carbons (Fsp3) is 0.429. The molecule has 1 aromatic rings. The molecule has 3 amide bonds. The lowest BCUT2D eigenvalue weighted by molar-refractivity contribution is 0.0118. The lowest BCUT2D eigenvalue weighted by Crippen LogP contribution is -2.41. The molecule has 0 bridgehead atoms. The molecule has 1 fully saturated rings. The van der Waals surface area contributed by atoms with E-state index in [4.69, 9.17) is 10.5 Å². The predicted octanol–water partition coefficient (Wildman–Crippen LogP) is 0.549. The number of halogens is 2. The topological polar surface area (TPSA) is 96.7 Å². The van der Waals surface area contributed by atoms with Crippen molar-refractivity contribution < 1.29 is 23.1 Å². The van der Waals surface area contributed by atoms with Crippen LogP contribution in [0.1, 0.15) is 10.4 Å². The molecule has 2 rings (SSSR count). The number of carbonyl (C=O) groups excluding carboxylic acids is 2. The second kappa shape index (κ2) is 6.78. The van der Waals surface area contributed by atoms with Crippen LogP contribution in [-0.2, 0) is 0 Å². The summed E-state index contributed by atoms with van der Waals surface area (Å²) in [5.74, 6) is -3.44. The number of anilines is 1. The second-order valence-electron chi connectivity index (χ2n) is 5.01. The smallest absolute Gasteiger partial charge is 0.322 e. The van der Waals surface area contributed by atoms with Gasteiger partial charge in [-0.2, -0.15) is 0 Å². The lowest BCUT2D eigenvalue weighted by atomic mass is 10.1. The maximum absolute atomic E-state index is 13.1. The number of alkyl halides is 2. The van der Waals surface area contributed by atoms with Crippen molar-refractivity contribution in [1.82, 2.24) is 10.6 Å². The van der Waals surface area contributed by atoms with Gasteiger partial charge in [-0.05, 0) is 18.2 Å². The van der Waals surface area contributed by atoms with Gasteiger partial charge >= 0.3 is 6.03 Å². The fourth-order valence-electron chi connectivity index (χ4n) is 2.13. The van der Waals surface area contributed by atoms with E-state index in [1.807, 2.05) is 0 Å². The quantitative estimate of drug-likeness (QED) is 0.710. The van der Waals surface area contributed by atoms with Crippen LogP contribution in [0.4, 0.5) is 19.3 Å². The standard InChI is InChI=1S/C14H18F2N4O3/c1-23-11-3-2-9(12(21)19-8-14(15,16)7-17)6-10(11)20-5-4-18-13(20)22/h2-3,6H,4-5,7-8,17H2,1H3,(H,18,22)(H,19,21). The molecule has 1 aromatic carbocycles. The maximum Gasteiger partial charge on any atom is 0.322 e. The lowest BCUT2D eigenvalue weighted by Gasteiger charge is -2.19. The monoisotopic (exact) mass is 328 g/mol. The molecule has 1 saturated heterocycles. The summed E-state index contributed by atoms with van der Waals surface area (Å²) in [7, 11) is 1.44. The van der Waals surface area contributed by atoms with E-state index < -0.39 is 24.9 Å². The number of amides is 3. The van der Waals surface area contributed by atoms with E-state index in [0.29, 0.717) is 24.5 Å². The summed E-state index contributed by atoms with van der Waals surface area (Å²) in [6, 6.07) is 4.07. The Hall–Kier alpha value is -2.42. The molecule has 0 atom stereocenters. The number of hydrogen-bond donors (Lipinski definition) is 3. The van der Waals surface area contributed by atoms with Crippen molar-refractivity contribution in [2.75, 3.05) is 38.2 Å². The second-order valence-corrected chi connectivity index (χ2v) is 5.01. The van der Waals surface area contributed by atoms with Crippen LogP contribution in [0.15, 0.2) is 18.2 Å². The Morgan fingerprint density at radius 2 is 2.26 bits per heavy atom. The number of hydrogen-bond acceptors (Lipinski definition) is 4. The Morgan fingerprint density at radius 3 is 2.83 bits per heavy atom. The summed E-state index contributed by atoms with van der Waals surface area (Å²) < 4.78 is 31.4. The summed E-state index contributed by atoms with van der Waals surface area (Å²) in [4.78, 5) is 25.2. The minimum atomic E-state index is -3.17. The molecule has 23 heavy (non-hydrogen) atoms. The van der Waals surface area contributed by atoms with Gasteiger partial charge in [-0.25, -0.2) is 13.6 Å². The number of methoxy groups -OCH3 is 1. The van der Waals surface area contributed by atoms with Crippen molar-refractivity contribution >= 4 is 17.6 Å². The number of nitrogens with one attached hydrogen (secondary N) is 2. The van der Waals surface area contributed by atoms with Gasteiger partial charge in [0.05, 0.1) is 25.9 Å². The van der Waals surface area contributed by atoms with Crippen LogP contribution >= 0.6 is 0 Å². The normalized spacial score (nSPS) is 14.6. The first kappa shape index (κ1) is 16.9. The van der Waals surface area contributed by atoms with Gasteiger partial charge in [0.1, 0.15) is 5.75 Å². The average Bonchev–Trinajstić information content (AvgIpc) is 2.98. The largest absolute Gasteiger partial charge is 0.495 e. The first-order valence-electron chi connectivity index (χ1n) is 6.97. The van der Waals surface area contributed by atoms with Gasteiger partial charge in [0.2, 0.25) is 0 Å². The highest BCUT2D eigenvalue weighted by molar-refractivity contribution is 5.99. The molecular formula is C14H18F2N4O3. The van der Waals surface area contributed by atoms with Gasteiger partial charge in [0.15, 0.2) is 0 Å². The third kappa shape index (κ3) is 3.86. The summed E-state index contributed by atoms with van der Waals surface area (Å²) >= 11 is 0. The van der Waals surface area contributed by atoms with Crippen LogP contribution in [0.3, 0.4) is 0 Å². The van der Waals surface area contributed by atoms with Gasteiger partial charge in [0.25, 0.3) is 11.8 Å². The van der Waals surface area contributed by atoms with E-state index in [9.17, 15) is 18.4 Å². The maximum atomic E-state index is 13.1. The van der Waals surface area contributed by atoms with E-state index in [1.54, 1.807) is 0 Å². The Labute approximate surface area is 131 Å². The average molecular weight is 328 g/mol. The fourth-order valence-corrected chi connectivity index (χ4v) is 2.13. The summed E-state index contributed by atoms with van der Waals surface area (Å²) in [5.41, 5.74) is 5.47. The van der Waals surface area contributed by atoms with Crippen LogP contribution in [0.2, 0.25) is 0 Å². The molecule has 126 valence electrons. The molecule has 0 aliphatic carbocycles. The van der Waals surface area contributed by atoms with Crippen molar-refractivity contribution in [2.24, 2.45) is 5.73 Å². The summed E-state index contributed by atoms with van der Waals surface area (Å²) in [5, 5.41) is 4.77. The van der Waals surface area contributed by atoms with Crippen molar-refractivity contribution in [2.45, 2.75) is 5.92 Å². The van der Waals surface area contributed by atoms with Crippen molar-refractivity contribution in [3.63, 3.8) is 0 Å². The first-order chi connectivity index (χ1) is 10.9. The number of urea groups is 1. The van der Waals surface area contributed by atoms with Crippen LogP contribution in [0.5, 0.6) is 5.75 Å². The molecule has 7 nitrogen and oxygen atoms in total. The Bertz CT molecular complexity index is 610. The number of carbonyl (C=O) groups is 2. The van der Waals surface area contributed by atoms with E-state index >= 15 is 0 Å². The zero-order chi connectivity index (χ0) is 17.0. The third-order valence-corrected chi connectivity index (χ3v) is 3.39. The van der Waals surface area contributed by atoms with E-state index in [2.05, 4.69) is 10.6 Å². The Balaban J connectivity index is 2.20. The van der Waals surface area contributed by atoms with Crippen LogP contribution in [0, 0.1) is 0 Å². The number of benzene rings is 1. The van der Waals surface area contributed by atoms with Gasteiger partial charge in [0, 0.05) is 18.7 Å². The number of nitrogens with two attached hydrogens (primary N) is 1. The summed E-state index contributed by atoms with van der Waals surface area (Å²) in [6.45, 7) is -0.810. The molecule has 0 unspecified atom stereocenters. The molecule has 0 spiro atoms. The van der Waals surface area contributed by atoms with E-state index in [1.165, 1.54) is 30.2 Å². The Kier molecular flexibility index (Phi) is 4.99.